The van der Waals surface area contributed by atoms with E-state index in [0.717, 1.165) is 25.3 Å². The zero-order valence-electron chi connectivity index (χ0n) is 10.4. The van der Waals surface area contributed by atoms with Gasteiger partial charge in [0, 0.05) is 29.9 Å². The predicted octanol–water partition coefficient (Wildman–Crippen LogP) is 2.67. The van der Waals surface area contributed by atoms with Gasteiger partial charge in [-0.05, 0) is 25.7 Å². The first kappa shape index (κ1) is 11.6. The van der Waals surface area contributed by atoms with Crippen LogP contribution in [0, 0.1) is 0 Å². The van der Waals surface area contributed by atoms with Gasteiger partial charge in [-0.25, -0.2) is 4.98 Å². The van der Waals surface area contributed by atoms with Crippen LogP contribution in [0.5, 0.6) is 0 Å². The molecule has 0 atom stereocenters. The molecule has 1 heterocycles. The summed E-state index contributed by atoms with van der Waals surface area (Å²) in [6.45, 7) is 5.25. The molecule has 2 N–H and O–H groups in total. The highest BCUT2D eigenvalue weighted by molar-refractivity contribution is 5.10. The van der Waals surface area contributed by atoms with Crippen LogP contribution in [0.15, 0.2) is 12.5 Å². The Morgan fingerprint density at radius 2 is 2.12 bits per heavy atom. The van der Waals surface area contributed by atoms with Gasteiger partial charge < -0.3 is 10.3 Å². The molecule has 1 fully saturated rings. The monoisotopic (exact) mass is 221 g/mol. The zero-order valence-corrected chi connectivity index (χ0v) is 10.4. The average molecular weight is 221 g/mol. The second-order valence-electron chi connectivity index (χ2n) is 5.14. The second-order valence-corrected chi connectivity index (χ2v) is 5.14. The van der Waals surface area contributed by atoms with E-state index in [-0.39, 0.29) is 5.54 Å². The largest absolute Gasteiger partial charge is 0.332 e. The van der Waals surface area contributed by atoms with Crippen molar-refractivity contribution in [3.8, 4) is 0 Å². The second kappa shape index (κ2) is 4.58. The highest BCUT2D eigenvalue weighted by Gasteiger charge is 2.26. The van der Waals surface area contributed by atoms with E-state index >= 15 is 0 Å². The first-order valence-corrected chi connectivity index (χ1v) is 6.47. The maximum atomic E-state index is 6.37. The van der Waals surface area contributed by atoms with Crippen molar-refractivity contribution < 1.29 is 0 Å². The van der Waals surface area contributed by atoms with Crippen LogP contribution < -0.4 is 5.73 Å². The minimum absolute atomic E-state index is 0.0702. The number of hydrogen-bond donors (Lipinski definition) is 1. The molecule has 1 aliphatic rings. The normalized spacial score (nSPS) is 17.4. The van der Waals surface area contributed by atoms with Gasteiger partial charge in [-0.3, -0.25) is 0 Å². The van der Waals surface area contributed by atoms with Crippen molar-refractivity contribution in [3.63, 3.8) is 0 Å². The van der Waals surface area contributed by atoms with Gasteiger partial charge in [-0.1, -0.05) is 20.3 Å². The molecule has 1 aromatic heterocycles. The van der Waals surface area contributed by atoms with Gasteiger partial charge in [0.1, 0.15) is 0 Å². The third kappa shape index (κ3) is 2.14. The number of imidazole rings is 1. The van der Waals surface area contributed by atoms with E-state index in [1.807, 2.05) is 12.5 Å². The molecule has 0 radical (unpaired) electrons. The number of aromatic nitrogens is 2. The topological polar surface area (TPSA) is 43.8 Å². The Balaban J connectivity index is 2.11. The number of hydrogen-bond acceptors (Lipinski definition) is 2. The Bertz CT molecular complexity index is 335. The van der Waals surface area contributed by atoms with E-state index in [9.17, 15) is 0 Å². The Hall–Kier alpha value is -0.830. The van der Waals surface area contributed by atoms with Crippen LogP contribution in [0.2, 0.25) is 0 Å². The van der Waals surface area contributed by atoms with E-state index < -0.39 is 0 Å². The minimum Gasteiger partial charge on any atom is -0.332 e. The van der Waals surface area contributed by atoms with Gasteiger partial charge in [0.05, 0.1) is 6.33 Å². The van der Waals surface area contributed by atoms with Crippen molar-refractivity contribution >= 4 is 0 Å². The van der Waals surface area contributed by atoms with Crippen LogP contribution in [-0.2, 0) is 6.54 Å². The van der Waals surface area contributed by atoms with Crippen molar-refractivity contribution in [1.29, 1.82) is 0 Å². The third-order valence-corrected chi connectivity index (χ3v) is 4.16. The zero-order chi connectivity index (χ0) is 11.6. The summed E-state index contributed by atoms with van der Waals surface area (Å²) < 4.78 is 2.27. The first-order valence-electron chi connectivity index (χ1n) is 6.47. The van der Waals surface area contributed by atoms with Crippen molar-refractivity contribution in [1.82, 2.24) is 9.55 Å². The van der Waals surface area contributed by atoms with Crippen LogP contribution in [0.25, 0.3) is 0 Å². The fourth-order valence-electron chi connectivity index (χ4n) is 2.32. The van der Waals surface area contributed by atoms with Crippen LogP contribution >= 0.6 is 0 Å². The highest BCUT2D eigenvalue weighted by Crippen LogP contribution is 2.36. The maximum Gasteiger partial charge on any atom is 0.0948 e. The molecule has 0 aliphatic heterocycles. The van der Waals surface area contributed by atoms with Crippen LogP contribution in [0.1, 0.15) is 57.6 Å². The summed E-state index contributed by atoms with van der Waals surface area (Å²) in [5.74, 6) is 0.737. The third-order valence-electron chi connectivity index (χ3n) is 4.16. The quantitative estimate of drug-likeness (QED) is 0.830. The Morgan fingerprint density at radius 3 is 2.62 bits per heavy atom. The summed E-state index contributed by atoms with van der Waals surface area (Å²) in [5, 5.41) is 0. The molecule has 3 nitrogen and oxygen atoms in total. The molecule has 0 saturated heterocycles. The SMILES string of the molecule is CCC(N)(CC)Cn1cncc1C1CCC1. The molecular formula is C13H23N3. The molecule has 0 spiro atoms. The summed E-state index contributed by atoms with van der Waals surface area (Å²) in [4.78, 5) is 4.29. The average Bonchev–Trinajstić information content (AvgIpc) is 2.64. The molecule has 16 heavy (non-hydrogen) atoms. The van der Waals surface area contributed by atoms with Crippen molar-refractivity contribution in [2.45, 2.75) is 64.0 Å². The lowest BCUT2D eigenvalue weighted by Crippen LogP contribution is -2.43. The van der Waals surface area contributed by atoms with Gasteiger partial charge in [-0.2, -0.15) is 0 Å². The van der Waals surface area contributed by atoms with E-state index in [1.165, 1.54) is 25.0 Å². The Morgan fingerprint density at radius 1 is 1.44 bits per heavy atom. The minimum atomic E-state index is -0.0702. The van der Waals surface area contributed by atoms with Gasteiger partial charge in [-0.15, -0.1) is 0 Å². The Kier molecular flexibility index (Phi) is 3.33. The van der Waals surface area contributed by atoms with Gasteiger partial charge in [0.25, 0.3) is 0 Å². The van der Waals surface area contributed by atoms with Crippen LogP contribution in [0.4, 0.5) is 0 Å². The molecule has 1 saturated carbocycles. The lowest BCUT2D eigenvalue weighted by Gasteiger charge is -2.31. The van der Waals surface area contributed by atoms with E-state index in [4.69, 9.17) is 5.73 Å². The van der Waals surface area contributed by atoms with Crippen molar-refractivity contribution in [2.24, 2.45) is 5.73 Å². The molecule has 0 aromatic carbocycles. The molecule has 2 rings (SSSR count). The van der Waals surface area contributed by atoms with E-state index in [0.29, 0.717) is 0 Å². The molecule has 1 aromatic rings. The summed E-state index contributed by atoms with van der Waals surface area (Å²) in [7, 11) is 0. The number of rotatable bonds is 5. The molecule has 1 aliphatic carbocycles. The molecule has 90 valence electrons. The van der Waals surface area contributed by atoms with Crippen LogP contribution in [-0.4, -0.2) is 15.1 Å². The van der Waals surface area contributed by atoms with Crippen molar-refractivity contribution in [2.75, 3.05) is 0 Å². The van der Waals surface area contributed by atoms with Gasteiger partial charge in [0.2, 0.25) is 0 Å². The lowest BCUT2D eigenvalue weighted by molar-refractivity contribution is 0.319. The van der Waals surface area contributed by atoms with Crippen molar-refractivity contribution in [3.05, 3.63) is 18.2 Å². The predicted molar refractivity (Wildman–Crippen MR) is 66.3 cm³/mol. The Labute approximate surface area is 98.1 Å². The van der Waals surface area contributed by atoms with E-state index in [1.54, 1.807) is 0 Å². The summed E-state index contributed by atoms with van der Waals surface area (Å²) >= 11 is 0. The molecular weight excluding hydrogens is 198 g/mol. The smallest absolute Gasteiger partial charge is 0.0948 e. The fourth-order valence-corrected chi connectivity index (χ4v) is 2.32. The van der Waals surface area contributed by atoms with Gasteiger partial charge in [0.15, 0.2) is 0 Å². The molecule has 0 unspecified atom stereocenters. The fraction of sp³-hybridized carbons (Fsp3) is 0.769. The molecule has 0 amide bonds. The van der Waals surface area contributed by atoms with E-state index in [2.05, 4.69) is 23.4 Å². The van der Waals surface area contributed by atoms with Gasteiger partial charge >= 0.3 is 0 Å². The number of nitrogens with zero attached hydrogens (tertiary/aromatic N) is 2. The maximum absolute atomic E-state index is 6.37. The number of nitrogens with two attached hydrogens (primary N) is 1. The molecule has 0 bridgehead atoms. The summed E-state index contributed by atoms with van der Waals surface area (Å²) in [5.41, 5.74) is 7.69. The first-order chi connectivity index (χ1) is 7.68. The summed E-state index contributed by atoms with van der Waals surface area (Å²) in [6, 6.07) is 0. The highest BCUT2D eigenvalue weighted by atomic mass is 15.1. The lowest BCUT2D eigenvalue weighted by atomic mass is 9.83. The van der Waals surface area contributed by atoms with Crippen LogP contribution in [0.3, 0.4) is 0 Å². The summed E-state index contributed by atoms with van der Waals surface area (Å²) in [6.07, 6.45) is 10.0. The standard InChI is InChI=1S/C13H23N3/c1-3-13(14,4-2)9-16-10-15-8-12(16)11-6-5-7-11/h8,10-11H,3-7,9,14H2,1-2H3. The molecule has 3 heteroatoms.